The maximum Gasteiger partial charge on any atom is 0.322 e. The van der Waals surface area contributed by atoms with Gasteiger partial charge < -0.3 is 10.2 Å². The third-order valence-corrected chi connectivity index (χ3v) is 3.49. The van der Waals surface area contributed by atoms with Crippen molar-refractivity contribution >= 4 is 29.4 Å². The van der Waals surface area contributed by atoms with Crippen LogP contribution in [0.1, 0.15) is 11.5 Å². The highest BCUT2D eigenvalue weighted by Crippen LogP contribution is 2.27. The number of rotatable bonds is 4. The highest BCUT2D eigenvalue weighted by Gasteiger charge is 2.09. The number of anilines is 2. The third kappa shape index (κ3) is 3.47. The molecule has 0 bridgehead atoms. The van der Waals surface area contributed by atoms with Gasteiger partial charge in [-0.25, -0.2) is 0 Å². The van der Waals surface area contributed by atoms with Crippen LogP contribution in [0.15, 0.2) is 27.5 Å². The summed E-state index contributed by atoms with van der Waals surface area (Å²) in [4.78, 5) is 12.6. The Hall–Kier alpha value is -2.02. The summed E-state index contributed by atoms with van der Waals surface area (Å²) >= 11 is 1.37. The second kappa shape index (κ2) is 5.75. The molecular weight excluding hydrogens is 264 g/mol. The lowest BCUT2D eigenvalue weighted by molar-refractivity contribution is -0.113. The lowest BCUT2D eigenvalue weighted by Crippen LogP contribution is -2.14. The molecule has 0 atom stereocenters. The van der Waals surface area contributed by atoms with Gasteiger partial charge in [0.1, 0.15) is 0 Å². The number of aromatic nitrogens is 2. The van der Waals surface area contributed by atoms with Gasteiger partial charge in [-0.1, -0.05) is 17.2 Å². The fourth-order valence-corrected chi connectivity index (χ4v) is 2.28. The Kier molecular flexibility index (Phi) is 4.06. The molecular formula is C12H14N4O2S. The van der Waals surface area contributed by atoms with Crippen molar-refractivity contribution in [1.82, 2.24) is 10.2 Å². The quantitative estimate of drug-likeness (QED) is 0.656. The van der Waals surface area contributed by atoms with E-state index in [1.165, 1.54) is 11.8 Å². The first-order chi connectivity index (χ1) is 9.06. The predicted octanol–water partition coefficient (Wildman–Crippen LogP) is 2.00. The zero-order valence-corrected chi connectivity index (χ0v) is 11.5. The summed E-state index contributed by atoms with van der Waals surface area (Å²) in [5.74, 6) is 0.426. The normalized spacial score (nSPS) is 10.4. The highest BCUT2D eigenvalue weighted by atomic mass is 32.2. The molecule has 0 fully saturated rings. The SMILES string of the molecule is Cc1nnc(NC(=O)CSc2cccc(C)c2N)o1. The van der Waals surface area contributed by atoms with E-state index < -0.39 is 0 Å². The van der Waals surface area contributed by atoms with Gasteiger partial charge in [0.2, 0.25) is 11.8 Å². The molecule has 0 aliphatic carbocycles. The van der Waals surface area contributed by atoms with E-state index in [1.54, 1.807) is 6.92 Å². The first kappa shape index (κ1) is 13.4. The smallest absolute Gasteiger partial charge is 0.322 e. The molecule has 1 aromatic carbocycles. The molecule has 0 saturated heterocycles. The zero-order valence-electron chi connectivity index (χ0n) is 10.6. The number of nitrogens with two attached hydrogens (primary N) is 1. The number of hydrogen-bond acceptors (Lipinski definition) is 6. The summed E-state index contributed by atoms with van der Waals surface area (Å²) in [6.45, 7) is 3.59. The summed E-state index contributed by atoms with van der Waals surface area (Å²) in [5, 5.41) is 9.84. The lowest BCUT2D eigenvalue weighted by atomic mass is 10.2. The number of aryl methyl sites for hydroxylation is 2. The van der Waals surface area contributed by atoms with Crippen LogP contribution in [0.4, 0.5) is 11.7 Å². The van der Waals surface area contributed by atoms with E-state index in [9.17, 15) is 4.79 Å². The number of para-hydroxylation sites is 1. The van der Waals surface area contributed by atoms with E-state index in [-0.39, 0.29) is 17.7 Å². The number of nitrogens with zero attached hydrogens (tertiary/aromatic N) is 2. The number of hydrogen-bond donors (Lipinski definition) is 2. The Morgan fingerprint density at radius 3 is 2.89 bits per heavy atom. The van der Waals surface area contributed by atoms with Crippen molar-refractivity contribution < 1.29 is 9.21 Å². The van der Waals surface area contributed by atoms with Gasteiger partial charge in [0.15, 0.2) is 0 Å². The van der Waals surface area contributed by atoms with Gasteiger partial charge >= 0.3 is 6.01 Å². The Labute approximate surface area is 114 Å². The minimum atomic E-state index is -0.213. The fourth-order valence-electron chi connectivity index (χ4n) is 1.43. The van der Waals surface area contributed by atoms with Crippen LogP contribution in [0.5, 0.6) is 0 Å². The molecule has 2 aromatic rings. The van der Waals surface area contributed by atoms with Crippen molar-refractivity contribution in [1.29, 1.82) is 0 Å². The number of nitrogens with one attached hydrogen (secondary N) is 1. The van der Waals surface area contributed by atoms with Crippen molar-refractivity contribution in [3.63, 3.8) is 0 Å². The van der Waals surface area contributed by atoms with Crippen molar-refractivity contribution in [2.24, 2.45) is 0 Å². The monoisotopic (exact) mass is 278 g/mol. The molecule has 1 amide bonds. The van der Waals surface area contributed by atoms with Gasteiger partial charge in [0.25, 0.3) is 0 Å². The molecule has 0 aliphatic rings. The second-order valence-corrected chi connectivity index (χ2v) is 4.97. The number of benzene rings is 1. The molecule has 0 radical (unpaired) electrons. The van der Waals surface area contributed by atoms with E-state index >= 15 is 0 Å². The van der Waals surface area contributed by atoms with Gasteiger partial charge in [-0.2, -0.15) is 0 Å². The molecule has 0 aliphatic heterocycles. The van der Waals surface area contributed by atoms with Crippen molar-refractivity contribution in [3.8, 4) is 0 Å². The van der Waals surface area contributed by atoms with Crippen LogP contribution in [-0.4, -0.2) is 21.9 Å². The number of amides is 1. The minimum Gasteiger partial charge on any atom is -0.408 e. The van der Waals surface area contributed by atoms with Crippen LogP contribution in [0.25, 0.3) is 0 Å². The first-order valence-corrected chi connectivity index (χ1v) is 6.62. The van der Waals surface area contributed by atoms with Crippen LogP contribution in [0, 0.1) is 13.8 Å². The van der Waals surface area contributed by atoms with Gasteiger partial charge in [-0.05, 0) is 18.6 Å². The number of nitrogen functional groups attached to an aromatic ring is 1. The molecule has 0 unspecified atom stereocenters. The van der Waals surface area contributed by atoms with E-state index in [0.717, 1.165) is 10.5 Å². The van der Waals surface area contributed by atoms with Gasteiger partial charge in [0.05, 0.1) is 5.75 Å². The summed E-state index contributed by atoms with van der Waals surface area (Å²) in [6.07, 6.45) is 0. The third-order valence-electron chi connectivity index (χ3n) is 2.42. The summed E-state index contributed by atoms with van der Waals surface area (Å²) in [7, 11) is 0. The average Bonchev–Trinajstić information content (AvgIpc) is 2.76. The van der Waals surface area contributed by atoms with Gasteiger partial charge in [-0.3, -0.25) is 10.1 Å². The Morgan fingerprint density at radius 1 is 1.42 bits per heavy atom. The van der Waals surface area contributed by atoms with E-state index in [0.29, 0.717) is 11.6 Å². The van der Waals surface area contributed by atoms with Crippen molar-refractivity contribution in [3.05, 3.63) is 29.7 Å². The van der Waals surface area contributed by atoms with Crippen molar-refractivity contribution in [2.75, 3.05) is 16.8 Å². The van der Waals surface area contributed by atoms with E-state index in [1.807, 2.05) is 25.1 Å². The second-order valence-electron chi connectivity index (χ2n) is 3.95. The highest BCUT2D eigenvalue weighted by molar-refractivity contribution is 8.00. The molecule has 0 spiro atoms. The molecule has 7 heteroatoms. The fraction of sp³-hybridized carbons (Fsp3) is 0.250. The molecule has 2 rings (SSSR count). The van der Waals surface area contributed by atoms with Crippen LogP contribution in [0.2, 0.25) is 0 Å². The maximum atomic E-state index is 11.7. The molecule has 3 N–H and O–H groups in total. The standard InChI is InChI=1S/C12H14N4O2S/c1-7-4-3-5-9(11(7)13)19-6-10(17)14-12-16-15-8(2)18-12/h3-5H,6,13H2,1-2H3,(H,14,16,17). The summed E-state index contributed by atoms with van der Waals surface area (Å²) in [5.41, 5.74) is 7.63. The number of carbonyl (C=O) groups is 1. The lowest BCUT2D eigenvalue weighted by Gasteiger charge is -2.07. The molecule has 100 valence electrons. The molecule has 19 heavy (non-hydrogen) atoms. The van der Waals surface area contributed by atoms with Crippen LogP contribution >= 0.6 is 11.8 Å². The number of carbonyl (C=O) groups excluding carboxylic acids is 1. The van der Waals surface area contributed by atoms with Crippen molar-refractivity contribution in [2.45, 2.75) is 18.7 Å². The Morgan fingerprint density at radius 2 is 2.21 bits per heavy atom. The largest absolute Gasteiger partial charge is 0.408 e. The minimum absolute atomic E-state index is 0.111. The van der Waals surface area contributed by atoms with Crippen LogP contribution in [0.3, 0.4) is 0 Å². The predicted molar refractivity (Wildman–Crippen MR) is 74.0 cm³/mol. The topological polar surface area (TPSA) is 94.0 Å². The van der Waals surface area contributed by atoms with E-state index in [4.69, 9.17) is 10.2 Å². The number of thioether (sulfide) groups is 1. The molecule has 0 saturated carbocycles. The van der Waals surface area contributed by atoms with Gasteiger partial charge in [-0.15, -0.1) is 16.9 Å². The van der Waals surface area contributed by atoms with Gasteiger partial charge in [0, 0.05) is 17.5 Å². The first-order valence-electron chi connectivity index (χ1n) is 5.64. The summed E-state index contributed by atoms with van der Waals surface area (Å²) < 4.78 is 5.06. The zero-order chi connectivity index (χ0) is 13.8. The van der Waals surface area contributed by atoms with Crippen LogP contribution in [-0.2, 0) is 4.79 Å². The van der Waals surface area contributed by atoms with Crippen LogP contribution < -0.4 is 11.1 Å². The Bertz CT molecular complexity index is 597. The Balaban J connectivity index is 1.91. The summed E-state index contributed by atoms with van der Waals surface area (Å²) in [6, 6.07) is 5.84. The molecule has 1 heterocycles. The maximum absolute atomic E-state index is 11.7. The molecule has 6 nitrogen and oxygen atoms in total. The van der Waals surface area contributed by atoms with E-state index in [2.05, 4.69) is 15.5 Å². The molecule has 1 aromatic heterocycles. The average molecular weight is 278 g/mol.